The highest BCUT2D eigenvalue weighted by Crippen LogP contribution is 2.32. The fourth-order valence-corrected chi connectivity index (χ4v) is 6.70. The topological polar surface area (TPSA) is 124 Å². The van der Waals surface area contributed by atoms with Crippen LogP contribution < -0.4 is 10.6 Å². The molecule has 226 valence electrons. The van der Waals surface area contributed by atoms with Gasteiger partial charge in [0.15, 0.2) is 0 Å². The summed E-state index contributed by atoms with van der Waals surface area (Å²) in [6.45, 7) is 10.6. The number of amides is 1. The monoisotopic (exact) mass is 571 g/mol. The number of rotatable bonds is 2. The number of nitrogens with one attached hydrogen (secondary N) is 2. The van der Waals surface area contributed by atoms with Gasteiger partial charge < -0.3 is 40.3 Å². The SMILES string of the molecule is CC(C)C.CN1CCCC1.O=C(NC1C/C=C\CCSC2OC1C(O)C(O)C2O)C1NCC2CCCCOC21. The van der Waals surface area contributed by atoms with E-state index < -0.39 is 41.9 Å². The van der Waals surface area contributed by atoms with Gasteiger partial charge >= 0.3 is 0 Å². The Morgan fingerprint density at radius 1 is 1.03 bits per heavy atom. The first-order valence-corrected chi connectivity index (χ1v) is 16.0. The van der Waals surface area contributed by atoms with Crippen molar-refractivity contribution in [2.45, 2.75) is 114 Å². The summed E-state index contributed by atoms with van der Waals surface area (Å²) in [7, 11) is 2.17. The molecule has 5 N–H and O–H groups in total. The molecule has 0 aromatic rings. The maximum Gasteiger partial charge on any atom is 0.240 e. The Hall–Kier alpha value is -0.720. The molecule has 4 fully saturated rings. The number of hydrogen-bond acceptors (Lipinski definition) is 9. The van der Waals surface area contributed by atoms with Crippen molar-refractivity contribution < 1.29 is 29.6 Å². The van der Waals surface area contributed by atoms with Crippen LogP contribution in [0.15, 0.2) is 12.2 Å². The lowest BCUT2D eigenvalue weighted by Gasteiger charge is -2.43. The van der Waals surface area contributed by atoms with Crippen LogP contribution >= 0.6 is 11.8 Å². The van der Waals surface area contributed by atoms with Gasteiger partial charge in [-0.1, -0.05) is 39.3 Å². The zero-order valence-electron chi connectivity index (χ0n) is 24.3. The maximum atomic E-state index is 13.1. The summed E-state index contributed by atoms with van der Waals surface area (Å²) in [6, 6.07) is -0.942. The fraction of sp³-hybridized carbons (Fsp3) is 0.897. The number of aliphatic hydroxyl groups excluding tert-OH is 3. The van der Waals surface area contributed by atoms with Gasteiger partial charge in [0.1, 0.15) is 35.9 Å². The van der Waals surface area contributed by atoms with E-state index in [0.717, 1.165) is 43.9 Å². The molecule has 39 heavy (non-hydrogen) atoms. The molecule has 5 aliphatic heterocycles. The molecule has 5 heterocycles. The van der Waals surface area contributed by atoms with Crippen LogP contribution in [0.3, 0.4) is 0 Å². The number of carbonyl (C=O) groups is 1. The predicted octanol–water partition coefficient (Wildman–Crippen LogP) is 1.89. The quantitative estimate of drug-likeness (QED) is 0.316. The second-order valence-corrected chi connectivity index (χ2v) is 13.3. The van der Waals surface area contributed by atoms with Crippen LogP contribution in [0.1, 0.15) is 65.7 Å². The second kappa shape index (κ2) is 16.7. The Morgan fingerprint density at radius 3 is 2.41 bits per heavy atom. The summed E-state index contributed by atoms with van der Waals surface area (Å²) in [5.41, 5.74) is -0.636. The van der Waals surface area contributed by atoms with Crippen LogP contribution in [0.2, 0.25) is 0 Å². The van der Waals surface area contributed by atoms with E-state index in [2.05, 4.69) is 43.4 Å². The Labute approximate surface area is 239 Å². The molecule has 0 radical (unpaired) electrons. The zero-order chi connectivity index (χ0) is 28.4. The molecule has 0 saturated carbocycles. The number of carbonyl (C=O) groups excluding carboxylic acids is 1. The molecule has 0 aromatic heterocycles. The van der Waals surface area contributed by atoms with E-state index in [1.807, 2.05) is 12.2 Å². The van der Waals surface area contributed by atoms with Crippen molar-refractivity contribution in [3.63, 3.8) is 0 Å². The molecule has 4 saturated heterocycles. The first kappa shape index (κ1) is 32.8. The van der Waals surface area contributed by atoms with Crippen molar-refractivity contribution >= 4 is 17.7 Å². The lowest BCUT2D eigenvalue weighted by molar-refractivity contribution is -0.205. The molecule has 0 aromatic carbocycles. The van der Waals surface area contributed by atoms with Gasteiger partial charge in [0.25, 0.3) is 0 Å². The van der Waals surface area contributed by atoms with E-state index in [-0.39, 0.29) is 12.0 Å². The predicted molar refractivity (Wildman–Crippen MR) is 156 cm³/mol. The van der Waals surface area contributed by atoms with E-state index >= 15 is 0 Å². The van der Waals surface area contributed by atoms with Crippen molar-refractivity contribution in [2.24, 2.45) is 11.8 Å². The number of ether oxygens (including phenoxy) is 2. The molecule has 0 aliphatic carbocycles. The molecule has 5 rings (SSSR count). The average Bonchev–Trinajstić information content (AvgIpc) is 3.48. The zero-order valence-corrected chi connectivity index (χ0v) is 25.2. The van der Waals surface area contributed by atoms with Gasteiger partial charge in [0.2, 0.25) is 5.91 Å². The molecular formula is C29H53N3O6S. The van der Waals surface area contributed by atoms with Crippen molar-refractivity contribution in [2.75, 3.05) is 39.0 Å². The van der Waals surface area contributed by atoms with E-state index in [1.54, 1.807) is 0 Å². The molecule has 5 aliphatic rings. The standard InChI is InChI=1S/C20H32N2O6S.C5H11N.C4H10/c23-14-15(24)18-12(7-2-1-5-9-29-20(28-18)16(14)25)22-19(26)13-17-11(10-21-13)6-3-4-8-27-17;1-6-4-2-3-5-6;1-4(2)3/h1-2,11-18,20-21,23-25H,3-10H2,(H,22,26);2-5H2,1H3;4H,1-3H3/b2-1-;;. The first-order valence-electron chi connectivity index (χ1n) is 15.0. The third kappa shape index (κ3) is 9.95. The molecule has 0 spiro atoms. The summed E-state index contributed by atoms with van der Waals surface area (Å²) in [6.07, 6.45) is 6.64. The molecule has 2 bridgehead atoms. The van der Waals surface area contributed by atoms with E-state index in [9.17, 15) is 20.1 Å². The van der Waals surface area contributed by atoms with Gasteiger partial charge in [-0.2, -0.15) is 0 Å². The molecule has 9 nitrogen and oxygen atoms in total. The van der Waals surface area contributed by atoms with Gasteiger partial charge in [0, 0.05) is 13.2 Å². The number of hydrogen-bond donors (Lipinski definition) is 5. The minimum absolute atomic E-state index is 0.138. The minimum Gasteiger partial charge on any atom is -0.388 e. The summed E-state index contributed by atoms with van der Waals surface area (Å²) in [4.78, 5) is 15.5. The van der Waals surface area contributed by atoms with Crippen molar-refractivity contribution in [1.82, 2.24) is 15.5 Å². The minimum atomic E-state index is -1.31. The van der Waals surface area contributed by atoms with Gasteiger partial charge in [0.05, 0.1) is 12.1 Å². The number of fused-ring (bicyclic) bond motifs is 3. The smallest absolute Gasteiger partial charge is 0.240 e. The van der Waals surface area contributed by atoms with Gasteiger partial charge in [-0.05, 0) is 76.3 Å². The Balaban J connectivity index is 0.000000355. The van der Waals surface area contributed by atoms with E-state index in [1.165, 1.54) is 37.7 Å². The largest absolute Gasteiger partial charge is 0.388 e. The first-order chi connectivity index (χ1) is 18.7. The van der Waals surface area contributed by atoms with Crippen LogP contribution in [-0.2, 0) is 14.3 Å². The normalized spacial score (nSPS) is 39.7. The van der Waals surface area contributed by atoms with Gasteiger partial charge in [-0.25, -0.2) is 0 Å². The molecule has 1 amide bonds. The Kier molecular flexibility index (Phi) is 14.0. The third-order valence-electron chi connectivity index (χ3n) is 7.74. The maximum absolute atomic E-state index is 13.1. The van der Waals surface area contributed by atoms with Crippen molar-refractivity contribution in [1.29, 1.82) is 0 Å². The summed E-state index contributed by atoms with van der Waals surface area (Å²) >= 11 is 1.41. The number of nitrogens with zero attached hydrogens (tertiary/aromatic N) is 1. The molecule has 10 heteroatoms. The molecule has 9 unspecified atom stereocenters. The highest BCUT2D eigenvalue weighted by atomic mass is 32.2. The van der Waals surface area contributed by atoms with Gasteiger partial charge in [-0.3, -0.25) is 4.79 Å². The summed E-state index contributed by atoms with van der Waals surface area (Å²) in [5, 5.41) is 37.5. The van der Waals surface area contributed by atoms with Crippen LogP contribution in [-0.4, -0.2) is 113 Å². The number of thioether (sulfide) groups is 1. The average molecular weight is 572 g/mol. The van der Waals surface area contributed by atoms with E-state index in [4.69, 9.17) is 9.47 Å². The lowest BCUT2D eigenvalue weighted by atomic mass is 9.92. The molecular weight excluding hydrogens is 518 g/mol. The van der Waals surface area contributed by atoms with Gasteiger partial charge in [-0.15, -0.1) is 11.8 Å². The second-order valence-electron chi connectivity index (χ2n) is 12.1. The van der Waals surface area contributed by atoms with Crippen molar-refractivity contribution in [3.8, 4) is 0 Å². The van der Waals surface area contributed by atoms with E-state index in [0.29, 0.717) is 18.9 Å². The van der Waals surface area contributed by atoms with Crippen LogP contribution in [0.4, 0.5) is 0 Å². The summed E-state index contributed by atoms with van der Waals surface area (Å²) in [5.74, 6) is 1.75. The summed E-state index contributed by atoms with van der Waals surface area (Å²) < 4.78 is 11.9. The van der Waals surface area contributed by atoms with Crippen molar-refractivity contribution in [3.05, 3.63) is 12.2 Å². The number of likely N-dealkylation sites (tertiary alicyclic amines) is 1. The number of allylic oxidation sites excluding steroid dienone is 1. The van der Waals surface area contributed by atoms with Crippen LogP contribution in [0, 0.1) is 11.8 Å². The Bertz CT molecular complexity index is 750. The molecule has 9 atom stereocenters. The highest BCUT2D eigenvalue weighted by molar-refractivity contribution is 7.99. The van der Waals surface area contributed by atoms with Crippen LogP contribution in [0.5, 0.6) is 0 Å². The van der Waals surface area contributed by atoms with Crippen LogP contribution in [0.25, 0.3) is 0 Å². The Morgan fingerprint density at radius 2 is 1.74 bits per heavy atom. The third-order valence-corrected chi connectivity index (χ3v) is 8.93. The fourth-order valence-electron chi connectivity index (χ4n) is 5.63. The lowest BCUT2D eigenvalue weighted by Crippen LogP contribution is -2.63. The number of aliphatic hydroxyl groups is 3. The highest BCUT2D eigenvalue weighted by Gasteiger charge is 2.48.